The molecule has 0 radical (unpaired) electrons. The van der Waals surface area contributed by atoms with Crippen LogP contribution in [-0.4, -0.2) is 97.1 Å². The quantitative estimate of drug-likeness (QED) is 0.763. The second-order valence-electron chi connectivity index (χ2n) is 10.0. The zero-order chi connectivity index (χ0) is 17.8. The Hall–Kier alpha value is -0.160. The summed E-state index contributed by atoms with van der Waals surface area (Å²) in [6, 6.07) is 0. The van der Waals surface area contributed by atoms with Crippen molar-refractivity contribution in [2.75, 3.05) is 72.0 Å². The number of nitrogens with zero attached hydrogens (tertiary/aromatic N) is 4. The molecule has 142 valence electrons. The van der Waals surface area contributed by atoms with Gasteiger partial charge in [-0.1, -0.05) is 20.8 Å². The van der Waals surface area contributed by atoms with Crippen molar-refractivity contribution in [1.29, 1.82) is 0 Å². The van der Waals surface area contributed by atoms with Gasteiger partial charge in [0.25, 0.3) is 0 Å². The van der Waals surface area contributed by atoms with Crippen LogP contribution in [0, 0.1) is 5.41 Å². The Bertz CT molecular complexity index is 353. The third-order valence-electron chi connectivity index (χ3n) is 5.43. The van der Waals surface area contributed by atoms with E-state index in [0.717, 1.165) is 0 Å². The molecule has 2 heterocycles. The van der Waals surface area contributed by atoms with Crippen LogP contribution in [0.4, 0.5) is 0 Å². The van der Waals surface area contributed by atoms with E-state index in [0.29, 0.717) is 11.0 Å². The Balaban J connectivity index is 1.56. The van der Waals surface area contributed by atoms with Gasteiger partial charge in [-0.25, -0.2) is 0 Å². The van der Waals surface area contributed by atoms with Gasteiger partial charge >= 0.3 is 0 Å². The summed E-state index contributed by atoms with van der Waals surface area (Å²) in [6.45, 7) is 27.8. The predicted molar refractivity (Wildman–Crippen MR) is 105 cm³/mol. The normalized spacial score (nSPS) is 23.8. The molecule has 0 amide bonds. The second kappa shape index (κ2) is 8.48. The maximum absolute atomic E-state index is 2.67. The fourth-order valence-corrected chi connectivity index (χ4v) is 4.00. The van der Waals surface area contributed by atoms with Crippen LogP contribution < -0.4 is 0 Å². The van der Waals surface area contributed by atoms with Crippen LogP contribution in [0.15, 0.2) is 0 Å². The Kier molecular flexibility index (Phi) is 7.12. The first-order valence-electron chi connectivity index (χ1n) is 10.1. The first-order chi connectivity index (χ1) is 11.1. The Labute approximate surface area is 151 Å². The van der Waals surface area contributed by atoms with Gasteiger partial charge < -0.3 is 14.7 Å². The lowest BCUT2D eigenvalue weighted by Gasteiger charge is -2.42. The van der Waals surface area contributed by atoms with Crippen molar-refractivity contribution < 1.29 is 0 Å². The number of piperazine rings is 2. The average Bonchev–Trinajstić information content (AvgIpc) is 2.47. The van der Waals surface area contributed by atoms with Gasteiger partial charge in [-0.3, -0.25) is 4.90 Å². The van der Waals surface area contributed by atoms with Gasteiger partial charge in [0.05, 0.1) is 0 Å². The van der Waals surface area contributed by atoms with Gasteiger partial charge in [0.1, 0.15) is 0 Å². The van der Waals surface area contributed by atoms with E-state index in [2.05, 4.69) is 61.1 Å². The zero-order valence-electron chi connectivity index (χ0n) is 17.3. The van der Waals surface area contributed by atoms with Crippen molar-refractivity contribution in [3.8, 4) is 0 Å². The molecule has 0 N–H and O–H groups in total. The first-order valence-corrected chi connectivity index (χ1v) is 10.1. The summed E-state index contributed by atoms with van der Waals surface area (Å²) in [5.74, 6) is 0. The minimum atomic E-state index is 0.332. The highest BCUT2D eigenvalue weighted by Gasteiger charge is 2.26. The van der Waals surface area contributed by atoms with Gasteiger partial charge in [-0.2, -0.15) is 0 Å². The van der Waals surface area contributed by atoms with E-state index >= 15 is 0 Å². The lowest BCUT2D eigenvalue weighted by Crippen LogP contribution is -2.53. The van der Waals surface area contributed by atoms with Crippen LogP contribution in [-0.2, 0) is 0 Å². The Morgan fingerprint density at radius 3 is 1.42 bits per heavy atom. The SMILES string of the molecule is CC(C)(C)CN1CCN(CCCN2CCN(C(C)(C)C)CC2)CC1. The van der Waals surface area contributed by atoms with E-state index in [1.165, 1.54) is 78.4 Å². The van der Waals surface area contributed by atoms with E-state index < -0.39 is 0 Å². The molecule has 0 aromatic heterocycles. The lowest BCUT2D eigenvalue weighted by atomic mass is 9.96. The van der Waals surface area contributed by atoms with Crippen molar-refractivity contribution in [3.63, 3.8) is 0 Å². The number of hydrogen-bond donors (Lipinski definition) is 0. The standard InChI is InChI=1S/C20H42N4/c1-19(2,3)18-23-12-10-21(11-13-23)8-7-9-22-14-16-24(17-15-22)20(4,5)6/h7-18H2,1-6H3. The summed E-state index contributed by atoms with van der Waals surface area (Å²) in [7, 11) is 0. The Morgan fingerprint density at radius 1 is 0.583 bits per heavy atom. The summed E-state index contributed by atoms with van der Waals surface area (Å²) < 4.78 is 0. The zero-order valence-corrected chi connectivity index (χ0v) is 17.3. The third kappa shape index (κ3) is 6.99. The fraction of sp³-hybridized carbons (Fsp3) is 1.00. The maximum atomic E-state index is 2.67. The van der Waals surface area contributed by atoms with Crippen molar-refractivity contribution in [2.24, 2.45) is 5.41 Å². The molecule has 0 unspecified atom stereocenters. The summed E-state index contributed by atoms with van der Waals surface area (Å²) in [5, 5.41) is 0. The van der Waals surface area contributed by atoms with Gasteiger partial charge in [0.15, 0.2) is 0 Å². The molecule has 0 aliphatic carbocycles. The largest absolute Gasteiger partial charge is 0.301 e. The third-order valence-corrected chi connectivity index (χ3v) is 5.43. The summed E-state index contributed by atoms with van der Waals surface area (Å²) in [5.41, 5.74) is 0.760. The van der Waals surface area contributed by atoms with Crippen molar-refractivity contribution in [2.45, 2.75) is 53.5 Å². The highest BCUT2D eigenvalue weighted by Crippen LogP contribution is 2.17. The monoisotopic (exact) mass is 338 g/mol. The minimum absolute atomic E-state index is 0.332. The number of rotatable bonds is 5. The molecule has 2 saturated heterocycles. The molecule has 0 bridgehead atoms. The molecule has 2 aliphatic heterocycles. The summed E-state index contributed by atoms with van der Waals surface area (Å²) in [6.07, 6.45) is 1.33. The van der Waals surface area contributed by atoms with E-state index in [-0.39, 0.29) is 0 Å². The van der Waals surface area contributed by atoms with Crippen molar-refractivity contribution in [3.05, 3.63) is 0 Å². The van der Waals surface area contributed by atoms with E-state index in [1.807, 2.05) is 0 Å². The van der Waals surface area contributed by atoms with Crippen LogP contribution in [0.1, 0.15) is 48.0 Å². The van der Waals surface area contributed by atoms with Gasteiger partial charge in [-0.15, -0.1) is 0 Å². The molecule has 2 fully saturated rings. The Morgan fingerprint density at radius 2 is 1.00 bits per heavy atom. The topological polar surface area (TPSA) is 13.0 Å². The van der Waals surface area contributed by atoms with Gasteiger partial charge in [0, 0.05) is 64.4 Å². The molecule has 0 aromatic carbocycles. The molecule has 0 aromatic rings. The highest BCUT2D eigenvalue weighted by molar-refractivity contribution is 4.82. The molecular formula is C20H42N4. The molecule has 2 rings (SSSR count). The lowest BCUT2D eigenvalue weighted by molar-refractivity contribution is 0.0578. The van der Waals surface area contributed by atoms with Crippen LogP contribution in [0.25, 0.3) is 0 Å². The van der Waals surface area contributed by atoms with Gasteiger partial charge in [-0.05, 0) is 45.7 Å². The molecule has 0 atom stereocenters. The molecule has 4 nitrogen and oxygen atoms in total. The van der Waals surface area contributed by atoms with Crippen molar-refractivity contribution in [1.82, 2.24) is 19.6 Å². The molecule has 24 heavy (non-hydrogen) atoms. The molecule has 2 aliphatic rings. The maximum Gasteiger partial charge on any atom is 0.0126 e. The predicted octanol–water partition coefficient (Wildman–Crippen LogP) is 2.46. The van der Waals surface area contributed by atoms with Crippen molar-refractivity contribution >= 4 is 0 Å². The molecule has 0 spiro atoms. The minimum Gasteiger partial charge on any atom is -0.301 e. The molecule has 4 heteroatoms. The first kappa shape index (κ1) is 20.2. The fourth-order valence-electron chi connectivity index (χ4n) is 4.00. The molecule has 0 saturated carbocycles. The molecular weight excluding hydrogens is 296 g/mol. The summed E-state index contributed by atoms with van der Waals surface area (Å²) >= 11 is 0. The second-order valence-corrected chi connectivity index (χ2v) is 10.0. The van der Waals surface area contributed by atoms with Gasteiger partial charge in [0.2, 0.25) is 0 Å². The summed E-state index contributed by atoms with van der Waals surface area (Å²) in [4.78, 5) is 10.6. The number of hydrogen-bond acceptors (Lipinski definition) is 4. The van der Waals surface area contributed by atoms with E-state index in [1.54, 1.807) is 0 Å². The van der Waals surface area contributed by atoms with Crippen LogP contribution in [0.3, 0.4) is 0 Å². The van der Waals surface area contributed by atoms with E-state index in [4.69, 9.17) is 0 Å². The van der Waals surface area contributed by atoms with Crippen LogP contribution >= 0.6 is 0 Å². The average molecular weight is 339 g/mol. The van der Waals surface area contributed by atoms with Crippen LogP contribution in [0.2, 0.25) is 0 Å². The highest BCUT2D eigenvalue weighted by atomic mass is 15.3. The van der Waals surface area contributed by atoms with Crippen LogP contribution in [0.5, 0.6) is 0 Å². The van der Waals surface area contributed by atoms with E-state index in [9.17, 15) is 0 Å². The smallest absolute Gasteiger partial charge is 0.0126 e.